The molecule has 0 amide bonds. The van der Waals surface area contributed by atoms with Crippen molar-refractivity contribution in [3.05, 3.63) is 42.2 Å². The van der Waals surface area contributed by atoms with E-state index < -0.39 is 6.10 Å². The molecule has 0 saturated carbocycles. The Morgan fingerprint density at radius 2 is 2.21 bits per heavy atom. The van der Waals surface area contributed by atoms with Gasteiger partial charge in [0.2, 0.25) is 0 Å². The van der Waals surface area contributed by atoms with Gasteiger partial charge in [0.25, 0.3) is 0 Å². The number of aliphatic hydroxyl groups excluding tert-OH is 1. The van der Waals surface area contributed by atoms with Gasteiger partial charge < -0.3 is 5.11 Å². The first-order valence-electron chi connectivity index (χ1n) is 4.39. The summed E-state index contributed by atoms with van der Waals surface area (Å²) in [5, 5.41) is 12.4. The third kappa shape index (κ3) is 1.65. The third-order valence-corrected chi connectivity index (χ3v) is 2.83. The maximum atomic E-state index is 9.76. The van der Waals surface area contributed by atoms with E-state index in [1.54, 1.807) is 12.4 Å². The summed E-state index contributed by atoms with van der Waals surface area (Å²) in [7, 11) is 0. The fourth-order valence-electron chi connectivity index (χ4n) is 1.52. The molecule has 1 unspecified atom stereocenters. The molecule has 2 rings (SSSR count). The quantitative estimate of drug-likeness (QED) is 0.833. The molecule has 1 aromatic carbocycles. The van der Waals surface area contributed by atoms with Crippen LogP contribution in [-0.4, -0.2) is 15.4 Å². The topological polar surface area (TPSA) is 33.1 Å². The minimum atomic E-state index is -0.457. The van der Waals surface area contributed by atoms with Crippen LogP contribution in [-0.2, 0) is 0 Å². The lowest BCUT2D eigenvalue weighted by Gasteiger charge is -2.10. The largest absolute Gasteiger partial charge is 0.388 e. The summed E-state index contributed by atoms with van der Waals surface area (Å²) in [5.41, 5.74) is 0.946. The number of fused-ring (bicyclic) bond motifs is 1. The molecule has 0 saturated heterocycles. The van der Waals surface area contributed by atoms with Gasteiger partial charge in [-0.3, -0.25) is 4.98 Å². The number of pyridine rings is 1. The molecule has 1 aromatic heterocycles. The highest BCUT2D eigenvalue weighted by Crippen LogP contribution is 2.24. The van der Waals surface area contributed by atoms with Crippen molar-refractivity contribution in [3.63, 3.8) is 0 Å². The summed E-state index contributed by atoms with van der Waals surface area (Å²) in [6, 6.07) is 7.79. The summed E-state index contributed by atoms with van der Waals surface area (Å²) >= 11 is 3.27. The Morgan fingerprint density at radius 1 is 1.36 bits per heavy atom. The van der Waals surface area contributed by atoms with Crippen molar-refractivity contribution in [2.45, 2.75) is 6.10 Å². The predicted octanol–water partition coefficient (Wildman–Crippen LogP) is 2.66. The van der Waals surface area contributed by atoms with E-state index in [1.807, 2.05) is 24.3 Å². The van der Waals surface area contributed by atoms with Gasteiger partial charge >= 0.3 is 0 Å². The standard InChI is InChI=1S/C11H10BrNO/c12-6-11(14)10-3-1-2-8-7-13-5-4-9(8)10/h1-5,7,11,14H,6H2. The Kier molecular flexibility index (Phi) is 2.79. The second kappa shape index (κ2) is 4.07. The zero-order valence-corrected chi connectivity index (χ0v) is 9.11. The molecule has 0 bridgehead atoms. The molecule has 0 fully saturated rings. The van der Waals surface area contributed by atoms with Crippen molar-refractivity contribution in [1.82, 2.24) is 4.98 Å². The van der Waals surface area contributed by atoms with Gasteiger partial charge in [0.15, 0.2) is 0 Å². The average molecular weight is 252 g/mol. The summed E-state index contributed by atoms with van der Waals surface area (Å²) < 4.78 is 0. The zero-order chi connectivity index (χ0) is 9.97. The summed E-state index contributed by atoms with van der Waals surface area (Å²) in [4.78, 5) is 4.05. The Bertz CT molecular complexity index is 439. The zero-order valence-electron chi connectivity index (χ0n) is 7.52. The Labute approximate surface area is 90.7 Å². The molecule has 2 nitrogen and oxygen atoms in total. The van der Waals surface area contributed by atoms with Crippen LogP contribution < -0.4 is 0 Å². The van der Waals surface area contributed by atoms with E-state index in [9.17, 15) is 5.11 Å². The van der Waals surface area contributed by atoms with Crippen LogP contribution in [0, 0.1) is 0 Å². The van der Waals surface area contributed by atoms with Crippen LogP contribution in [0.4, 0.5) is 0 Å². The van der Waals surface area contributed by atoms with Gasteiger partial charge in [-0.1, -0.05) is 34.1 Å². The first kappa shape index (κ1) is 9.62. The number of aromatic nitrogens is 1. The maximum Gasteiger partial charge on any atom is 0.0892 e. The van der Waals surface area contributed by atoms with Crippen LogP contribution in [0.3, 0.4) is 0 Å². The number of hydrogen-bond donors (Lipinski definition) is 1. The molecular weight excluding hydrogens is 242 g/mol. The number of hydrogen-bond acceptors (Lipinski definition) is 2. The SMILES string of the molecule is OC(CBr)c1cccc2cnccc12. The predicted molar refractivity (Wildman–Crippen MR) is 60.5 cm³/mol. The first-order chi connectivity index (χ1) is 6.83. The molecule has 0 spiro atoms. The third-order valence-electron chi connectivity index (χ3n) is 2.22. The van der Waals surface area contributed by atoms with E-state index in [1.165, 1.54) is 0 Å². The molecule has 0 aliphatic carbocycles. The normalized spacial score (nSPS) is 13.0. The molecule has 0 aliphatic heterocycles. The lowest BCUT2D eigenvalue weighted by molar-refractivity contribution is 0.207. The van der Waals surface area contributed by atoms with Crippen LogP contribution >= 0.6 is 15.9 Å². The number of nitrogens with zero attached hydrogens (tertiary/aromatic N) is 1. The second-order valence-electron chi connectivity index (χ2n) is 3.11. The molecule has 1 atom stereocenters. The van der Waals surface area contributed by atoms with Crippen molar-refractivity contribution >= 4 is 26.7 Å². The molecule has 14 heavy (non-hydrogen) atoms. The Morgan fingerprint density at radius 3 is 3.00 bits per heavy atom. The maximum absolute atomic E-state index is 9.76. The van der Waals surface area contributed by atoms with Gasteiger partial charge in [-0.2, -0.15) is 0 Å². The van der Waals surface area contributed by atoms with Crippen LogP contribution in [0.1, 0.15) is 11.7 Å². The van der Waals surface area contributed by atoms with Gasteiger partial charge in [-0.15, -0.1) is 0 Å². The van der Waals surface area contributed by atoms with Crippen molar-refractivity contribution in [3.8, 4) is 0 Å². The number of benzene rings is 1. The number of alkyl halides is 1. The molecule has 2 aromatic rings. The molecule has 3 heteroatoms. The molecule has 0 aliphatic rings. The highest BCUT2D eigenvalue weighted by Gasteiger charge is 2.08. The second-order valence-corrected chi connectivity index (χ2v) is 3.76. The van der Waals surface area contributed by atoms with E-state index in [0.717, 1.165) is 16.3 Å². The summed E-state index contributed by atoms with van der Waals surface area (Å²) in [5.74, 6) is 0. The number of halogens is 1. The first-order valence-corrected chi connectivity index (χ1v) is 5.51. The van der Waals surface area contributed by atoms with E-state index in [0.29, 0.717) is 5.33 Å². The highest BCUT2D eigenvalue weighted by atomic mass is 79.9. The fraction of sp³-hybridized carbons (Fsp3) is 0.182. The molecule has 1 N–H and O–H groups in total. The lowest BCUT2D eigenvalue weighted by atomic mass is 10.0. The number of aliphatic hydroxyl groups is 1. The molecular formula is C11H10BrNO. The molecule has 0 radical (unpaired) electrons. The smallest absolute Gasteiger partial charge is 0.0892 e. The van der Waals surface area contributed by atoms with Crippen molar-refractivity contribution in [2.75, 3.05) is 5.33 Å². The summed E-state index contributed by atoms with van der Waals surface area (Å²) in [6.07, 6.45) is 3.09. The molecule has 72 valence electrons. The van der Waals surface area contributed by atoms with Gasteiger partial charge in [-0.05, 0) is 17.0 Å². The summed E-state index contributed by atoms with van der Waals surface area (Å²) in [6.45, 7) is 0. The van der Waals surface area contributed by atoms with Crippen LogP contribution in [0.25, 0.3) is 10.8 Å². The number of rotatable bonds is 2. The van der Waals surface area contributed by atoms with Crippen LogP contribution in [0.2, 0.25) is 0 Å². The van der Waals surface area contributed by atoms with E-state index in [2.05, 4.69) is 20.9 Å². The van der Waals surface area contributed by atoms with Gasteiger partial charge in [0.1, 0.15) is 0 Å². The van der Waals surface area contributed by atoms with E-state index in [-0.39, 0.29) is 0 Å². The van der Waals surface area contributed by atoms with Crippen molar-refractivity contribution in [1.29, 1.82) is 0 Å². The van der Waals surface area contributed by atoms with E-state index in [4.69, 9.17) is 0 Å². The fourth-order valence-corrected chi connectivity index (χ4v) is 1.87. The Hall–Kier alpha value is -0.930. The van der Waals surface area contributed by atoms with Gasteiger partial charge in [0.05, 0.1) is 6.10 Å². The minimum Gasteiger partial charge on any atom is -0.388 e. The highest BCUT2D eigenvalue weighted by molar-refractivity contribution is 9.09. The van der Waals surface area contributed by atoms with Crippen molar-refractivity contribution in [2.24, 2.45) is 0 Å². The average Bonchev–Trinajstić information content (AvgIpc) is 2.27. The van der Waals surface area contributed by atoms with Crippen molar-refractivity contribution < 1.29 is 5.11 Å². The van der Waals surface area contributed by atoms with Gasteiger partial charge in [-0.25, -0.2) is 0 Å². The monoisotopic (exact) mass is 251 g/mol. The lowest BCUT2D eigenvalue weighted by Crippen LogP contribution is -1.98. The van der Waals surface area contributed by atoms with E-state index >= 15 is 0 Å². The molecule has 1 heterocycles. The minimum absolute atomic E-state index is 0.457. The van der Waals surface area contributed by atoms with Crippen LogP contribution in [0.15, 0.2) is 36.7 Å². The van der Waals surface area contributed by atoms with Gasteiger partial charge in [0, 0.05) is 23.1 Å². The Balaban J connectivity index is 2.65. The van der Waals surface area contributed by atoms with Crippen LogP contribution in [0.5, 0.6) is 0 Å².